The molecule has 1 aliphatic heterocycles. The van der Waals surface area contributed by atoms with Crippen LogP contribution < -0.4 is 0 Å². The molecule has 1 N–H and O–H groups in total. The molecule has 0 saturated carbocycles. The molecule has 8 heteroatoms. The van der Waals surface area contributed by atoms with Crippen molar-refractivity contribution < 1.29 is 13.2 Å². The van der Waals surface area contributed by atoms with Gasteiger partial charge in [-0.15, -0.1) is 0 Å². The second-order valence-corrected chi connectivity index (χ2v) is 10.8. The smallest absolute Gasteiger partial charge is 0.227 e. The lowest BCUT2D eigenvalue weighted by Gasteiger charge is -2.34. The Kier molecular flexibility index (Phi) is 6.11. The minimum Gasteiger partial charge on any atom is -0.341 e. The van der Waals surface area contributed by atoms with Gasteiger partial charge in [-0.3, -0.25) is 9.69 Å². The number of sulfone groups is 1. The summed E-state index contributed by atoms with van der Waals surface area (Å²) in [7, 11) is -3.29. The Morgan fingerprint density at radius 2 is 1.71 bits per heavy atom. The third kappa shape index (κ3) is 4.80. The number of benzene rings is 2. The number of rotatable bonds is 6. The van der Waals surface area contributed by atoms with Crippen molar-refractivity contribution in [2.45, 2.75) is 37.0 Å². The topological polar surface area (TPSA) is 86.4 Å². The second-order valence-electron chi connectivity index (χ2n) is 8.27. The molecule has 1 aliphatic rings. The number of nitrogens with one attached hydrogen (secondary N) is 1. The Hall–Kier alpha value is -2.71. The average molecular weight is 441 g/mol. The molecule has 1 amide bonds. The molecule has 1 fully saturated rings. The van der Waals surface area contributed by atoms with Gasteiger partial charge in [0.2, 0.25) is 5.91 Å². The Balaban J connectivity index is 1.30. The van der Waals surface area contributed by atoms with Gasteiger partial charge in [0, 0.05) is 26.2 Å². The molecule has 4 rings (SSSR count). The number of amides is 1. The van der Waals surface area contributed by atoms with Gasteiger partial charge in [-0.25, -0.2) is 13.4 Å². The van der Waals surface area contributed by atoms with Gasteiger partial charge >= 0.3 is 0 Å². The SMILES string of the molecule is CC(C)S(=O)(=O)c1ccc(CC(=O)N2CCN(Cc3nc4ccccc4[nH]3)CC2)cc1. The van der Waals surface area contributed by atoms with Gasteiger partial charge in [-0.05, 0) is 43.7 Å². The van der Waals surface area contributed by atoms with E-state index in [-0.39, 0.29) is 12.3 Å². The van der Waals surface area contributed by atoms with E-state index in [0.29, 0.717) is 18.0 Å². The quantitative estimate of drug-likeness (QED) is 0.637. The number of aromatic amines is 1. The number of para-hydroxylation sites is 2. The maximum atomic E-state index is 12.7. The summed E-state index contributed by atoms with van der Waals surface area (Å²) in [5, 5.41) is -0.462. The summed E-state index contributed by atoms with van der Waals surface area (Å²) in [6.07, 6.45) is 0.283. The summed E-state index contributed by atoms with van der Waals surface area (Å²) < 4.78 is 24.5. The van der Waals surface area contributed by atoms with E-state index in [9.17, 15) is 13.2 Å². The highest BCUT2D eigenvalue weighted by Gasteiger charge is 2.23. The van der Waals surface area contributed by atoms with Crippen molar-refractivity contribution in [2.75, 3.05) is 26.2 Å². The zero-order valence-corrected chi connectivity index (χ0v) is 18.7. The molecule has 0 radical (unpaired) electrons. The number of hydrogen-bond donors (Lipinski definition) is 1. The first-order chi connectivity index (χ1) is 14.8. The summed E-state index contributed by atoms with van der Waals surface area (Å²) in [6, 6.07) is 14.7. The number of imidazole rings is 1. The van der Waals surface area contributed by atoms with Crippen molar-refractivity contribution in [1.82, 2.24) is 19.8 Å². The lowest BCUT2D eigenvalue weighted by Crippen LogP contribution is -2.48. The van der Waals surface area contributed by atoms with Crippen molar-refractivity contribution >= 4 is 26.8 Å². The Labute approximate surface area is 183 Å². The third-order valence-corrected chi connectivity index (χ3v) is 7.94. The zero-order chi connectivity index (χ0) is 22.0. The molecule has 2 aromatic carbocycles. The van der Waals surface area contributed by atoms with Gasteiger partial charge in [0.05, 0.1) is 34.1 Å². The molecule has 1 aromatic heterocycles. The second kappa shape index (κ2) is 8.80. The fourth-order valence-corrected chi connectivity index (χ4v) is 4.86. The first kappa shape index (κ1) is 21.5. The molecule has 0 unspecified atom stereocenters. The highest BCUT2D eigenvalue weighted by atomic mass is 32.2. The maximum absolute atomic E-state index is 12.7. The Morgan fingerprint density at radius 3 is 2.35 bits per heavy atom. The van der Waals surface area contributed by atoms with Crippen LogP contribution in [0.3, 0.4) is 0 Å². The van der Waals surface area contributed by atoms with E-state index in [0.717, 1.165) is 42.1 Å². The predicted molar refractivity (Wildman–Crippen MR) is 120 cm³/mol. The largest absolute Gasteiger partial charge is 0.341 e. The first-order valence-corrected chi connectivity index (χ1v) is 12.1. The lowest BCUT2D eigenvalue weighted by atomic mass is 10.1. The molecule has 1 saturated heterocycles. The molecule has 0 atom stereocenters. The van der Waals surface area contributed by atoms with Gasteiger partial charge < -0.3 is 9.88 Å². The highest BCUT2D eigenvalue weighted by molar-refractivity contribution is 7.92. The summed E-state index contributed by atoms with van der Waals surface area (Å²) in [5.41, 5.74) is 2.84. The van der Waals surface area contributed by atoms with Crippen LogP contribution in [-0.4, -0.2) is 65.5 Å². The number of piperazine rings is 1. The zero-order valence-electron chi connectivity index (χ0n) is 17.9. The number of fused-ring (bicyclic) bond motifs is 1. The molecular weight excluding hydrogens is 412 g/mol. The van der Waals surface area contributed by atoms with Gasteiger partial charge in [-0.1, -0.05) is 24.3 Å². The molecule has 7 nitrogen and oxygen atoms in total. The number of nitrogens with zero attached hydrogens (tertiary/aromatic N) is 3. The lowest BCUT2D eigenvalue weighted by molar-refractivity contribution is -0.132. The monoisotopic (exact) mass is 440 g/mol. The molecule has 0 spiro atoms. The minimum absolute atomic E-state index is 0.0721. The van der Waals surface area contributed by atoms with Crippen LogP contribution in [0.1, 0.15) is 25.2 Å². The van der Waals surface area contributed by atoms with E-state index >= 15 is 0 Å². The average Bonchev–Trinajstić information content (AvgIpc) is 3.17. The van der Waals surface area contributed by atoms with Crippen LogP contribution in [0.2, 0.25) is 0 Å². The Bertz CT molecular complexity index is 1130. The van der Waals surface area contributed by atoms with Gasteiger partial charge in [0.15, 0.2) is 9.84 Å². The van der Waals surface area contributed by atoms with Crippen LogP contribution in [0.4, 0.5) is 0 Å². The van der Waals surface area contributed by atoms with Gasteiger partial charge in [0.25, 0.3) is 0 Å². The van der Waals surface area contributed by atoms with Crippen LogP contribution in [-0.2, 0) is 27.6 Å². The molecule has 3 aromatic rings. The fourth-order valence-electron chi connectivity index (χ4n) is 3.80. The molecule has 31 heavy (non-hydrogen) atoms. The number of carbonyl (C=O) groups is 1. The van der Waals surface area contributed by atoms with Crippen molar-refractivity contribution in [3.8, 4) is 0 Å². The standard InChI is InChI=1S/C23H28N4O3S/c1-17(2)31(29,30)19-9-7-18(8-10-19)15-23(28)27-13-11-26(12-14-27)16-22-24-20-5-3-4-6-21(20)25-22/h3-10,17H,11-16H2,1-2H3,(H,24,25). The van der Waals surface area contributed by atoms with Crippen molar-refractivity contribution in [1.29, 1.82) is 0 Å². The maximum Gasteiger partial charge on any atom is 0.227 e. The van der Waals surface area contributed by atoms with Crippen LogP contribution in [0, 0.1) is 0 Å². The predicted octanol–water partition coefficient (Wildman–Crippen LogP) is 2.63. The molecule has 2 heterocycles. The number of H-pyrrole nitrogens is 1. The van der Waals surface area contributed by atoms with Crippen molar-refractivity contribution in [2.24, 2.45) is 0 Å². The highest BCUT2D eigenvalue weighted by Crippen LogP contribution is 2.18. The molecular formula is C23H28N4O3S. The van der Waals surface area contributed by atoms with Gasteiger partial charge in [0.1, 0.15) is 5.82 Å². The van der Waals surface area contributed by atoms with E-state index in [4.69, 9.17) is 0 Å². The van der Waals surface area contributed by atoms with Crippen molar-refractivity contribution in [3.63, 3.8) is 0 Å². The van der Waals surface area contributed by atoms with E-state index in [1.807, 2.05) is 29.2 Å². The van der Waals surface area contributed by atoms with E-state index in [1.165, 1.54) is 0 Å². The minimum atomic E-state index is -3.29. The molecule has 0 bridgehead atoms. The summed E-state index contributed by atoms with van der Waals surface area (Å²) >= 11 is 0. The van der Waals surface area contributed by atoms with E-state index in [2.05, 4.69) is 14.9 Å². The van der Waals surface area contributed by atoms with Crippen LogP contribution in [0.25, 0.3) is 11.0 Å². The normalized spacial score (nSPS) is 15.6. The number of carbonyl (C=O) groups excluding carboxylic acids is 1. The van der Waals surface area contributed by atoms with Crippen molar-refractivity contribution in [3.05, 3.63) is 59.9 Å². The number of aromatic nitrogens is 2. The fraction of sp³-hybridized carbons (Fsp3) is 0.391. The van der Waals surface area contributed by atoms with Gasteiger partial charge in [-0.2, -0.15) is 0 Å². The summed E-state index contributed by atoms with van der Waals surface area (Å²) in [5.74, 6) is 1.01. The van der Waals surface area contributed by atoms with E-state index in [1.54, 1.807) is 38.1 Å². The van der Waals surface area contributed by atoms with Crippen LogP contribution in [0.5, 0.6) is 0 Å². The molecule has 164 valence electrons. The summed E-state index contributed by atoms with van der Waals surface area (Å²) in [4.78, 5) is 25.2. The van der Waals surface area contributed by atoms with E-state index < -0.39 is 15.1 Å². The Morgan fingerprint density at radius 1 is 1.03 bits per heavy atom. The van der Waals surface area contributed by atoms with Crippen LogP contribution >= 0.6 is 0 Å². The first-order valence-electron chi connectivity index (χ1n) is 10.6. The third-order valence-electron chi connectivity index (χ3n) is 5.76. The number of hydrogen-bond acceptors (Lipinski definition) is 5. The van der Waals surface area contributed by atoms with Crippen LogP contribution in [0.15, 0.2) is 53.4 Å². The summed E-state index contributed by atoms with van der Waals surface area (Å²) in [6.45, 7) is 7.03. The molecule has 0 aliphatic carbocycles.